The van der Waals surface area contributed by atoms with Crippen molar-refractivity contribution in [2.75, 3.05) is 0 Å². The molecule has 1 aliphatic rings. The Morgan fingerprint density at radius 1 is 1.13 bits per heavy atom. The SMILES string of the molecule is CC(C)C(C)/C(NCc1ccccc1)=C1/N=CN(C(C)C)C1=N. The Balaban J connectivity index is 2.26. The first kappa shape index (κ1) is 17.3. The molecule has 2 rings (SSSR count). The van der Waals surface area contributed by atoms with E-state index in [0.29, 0.717) is 17.7 Å². The van der Waals surface area contributed by atoms with E-state index in [1.807, 2.05) is 23.1 Å². The Morgan fingerprint density at radius 2 is 1.78 bits per heavy atom. The Hall–Kier alpha value is -2.10. The third-order valence-corrected chi connectivity index (χ3v) is 4.39. The number of amidine groups is 1. The van der Waals surface area contributed by atoms with Crippen LogP contribution in [0.4, 0.5) is 0 Å². The third kappa shape index (κ3) is 4.01. The first-order chi connectivity index (χ1) is 10.9. The van der Waals surface area contributed by atoms with Crippen molar-refractivity contribution in [1.29, 1.82) is 5.41 Å². The molecule has 1 unspecified atom stereocenters. The lowest BCUT2D eigenvalue weighted by Gasteiger charge is -2.24. The Morgan fingerprint density at radius 3 is 2.30 bits per heavy atom. The van der Waals surface area contributed by atoms with Gasteiger partial charge in [-0.1, -0.05) is 51.1 Å². The molecule has 0 aliphatic carbocycles. The summed E-state index contributed by atoms with van der Waals surface area (Å²) in [6.45, 7) is 11.5. The van der Waals surface area contributed by atoms with Crippen molar-refractivity contribution >= 4 is 12.2 Å². The molecule has 0 fully saturated rings. The molecular weight excluding hydrogens is 284 g/mol. The van der Waals surface area contributed by atoms with Crippen LogP contribution in [0.25, 0.3) is 0 Å². The summed E-state index contributed by atoms with van der Waals surface area (Å²) in [6.07, 6.45) is 1.78. The van der Waals surface area contributed by atoms with Crippen LogP contribution in [0, 0.1) is 17.2 Å². The van der Waals surface area contributed by atoms with Gasteiger partial charge in [0.15, 0.2) is 5.84 Å². The number of rotatable bonds is 6. The summed E-state index contributed by atoms with van der Waals surface area (Å²) < 4.78 is 0. The highest BCUT2D eigenvalue weighted by atomic mass is 15.3. The van der Waals surface area contributed by atoms with Crippen LogP contribution in [-0.4, -0.2) is 23.1 Å². The number of benzene rings is 1. The lowest BCUT2D eigenvalue weighted by molar-refractivity contribution is 0.447. The van der Waals surface area contributed by atoms with Crippen molar-refractivity contribution in [3.8, 4) is 0 Å². The third-order valence-electron chi connectivity index (χ3n) is 4.39. The molecule has 0 spiro atoms. The predicted molar refractivity (Wildman–Crippen MR) is 97.5 cm³/mol. The molecule has 4 heteroatoms. The molecule has 4 nitrogen and oxygen atoms in total. The molecule has 0 amide bonds. The summed E-state index contributed by atoms with van der Waals surface area (Å²) in [7, 11) is 0. The van der Waals surface area contributed by atoms with E-state index in [4.69, 9.17) is 5.41 Å². The Labute approximate surface area is 139 Å². The normalized spacial score (nSPS) is 18.0. The van der Waals surface area contributed by atoms with Crippen LogP contribution >= 0.6 is 0 Å². The number of hydrogen-bond donors (Lipinski definition) is 2. The van der Waals surface area contributed by atoms with Crippen LogP contribution in [0.15, 0.2) is 46.7 Å². The van der Waals surface area contributed by atoms with E-state index in [1.165, 1.54) is 5.56 Å². The van der Waals surface area contributed by atoms with Crippen molar-refractivity contribution < 1.29 is 0 Å². The lowest BCUT2D eigenvalue weighted by Crippen LogP contribution is -2.33. The molecule has 0 bridgehead atoms. The number of aliphatic imine (C=N–C) groups is 1. The lowest BCUT2D eigenvalue weighted by atomic mass is 9.92. The fourth-order valence-corrected chi connectivity index (χ4v) is 2.54. The molecule has 23 heavy (non-hydrogen) atoms. The fourth-order valence-electron chi connectivity index (χ4n) is 2.54. The minimum Gasteiger partial charge on any atom is -0.382 e. The second-order valence-corrected chi connectivity index (χ2v) is 6.73. The van der Waals surface area contributed by atoms with Crippen LogP contribution in [0.1, 0.15) is 40.2 Å². The predicted octanol–water partition coefficient (Wildman–Crippen LogP) is 4.01. The largest absolute Gasteiger partial charge is 0.382 e. The van der Waals surface area contributed by atoms with Crippen molar-refractivity contribution in [3.05, 3.63) is 47.3 Å². The highest BCUT2D eigenvalue weighted by Gasteiger charge is 2.27. The van der Waals surface area contributed by atoms with Crippen LogP contribution in [0.3, 0.4) is 0 Å². The van der Waals surface area contributed by atoms with Gasteiger partial charge in [0.05, 0.1) is 6.34 Å². The van der Waals surface area contributed by atoms with E-state index in [9.17, 15) is 0 Å². The number of allylic oxidation sites excluding steroid dienone is 1. The first-order valence-electron chi connectivity index (χ1n) is 8.35. The minimum atomic E-state index is 0.244. The average molecular weight is 312 g/mol. The molecular formula is C19H28N4. The van der Waals surface area contributed by atoms with Gasteiger partial charge in [0.25, 0.3) is 0 Å². The van der Waals surface area contributed by atoms with Crippen molar-refractivity contribution in [3.63, 3.8) is 0 Å². The maximum absolute atomic E-state index is 8.44. The first-order valence-corrected chi connectivity index (χ1v) is 8.35. The standard InChI is InChI=1S/C19H28N4/c1-13(2)15(5)17(21-11-16-9-7-6-8-10-16)18-19(20)23(12-22-18)14(3)4/h6-10,12-15,20-21H,11H2,1-5H3/b18-17-,20-19?. The quantitative estimate of drug-likeness (QED) is 0.834. The smallest absolute Gasteiger partial charge is 0.154 e. The maximum atomic E-state index is 8.44. The summed E-state index contributed by atoms with van der Waals surface area (Å²) in [5.74, 6) is 1.29. The Bertz CT molecular complexity index is 599. The molecule has 1 atom stereocenters. The van der Waals surface area contributed by atoms with Gasteiger partial charge >= 0.3 is 0 Å². The number of nitrogens with one attached hydrogen (secondary N) is 2. The van der Waals surface area contributed by atoms with Crippen LogP contribution in [0.5, 0.6) is 0 Å². The van der Waals surface area contributed by atoms with E-state index in [1.54, 1.807) is 6.34 Å². The van der Waals surface area contributed by atoms with Crippen molar-refractivity contribution in [2.45, 2.75) is 47.2 Å². The average Bonchev–Trinajstić information content (AvgIpc) is 2.90. The Kier molecular flexibility index (Phi) is 5.59. The zero-order valence-corrected chi connectivity index (χ0v) is 14.8. The van der Waals surface area contributed by atoms with Gasteiger partial charge in [0.2, 0.25) is 0 Å². The molecule has 1 aliphatic heterocycles. The van der Waals surface area contributed by atoms with E-state index in [-0.39, 0.29) is 6.04 Å². The maximum Gasteiger partial charge on any atom is 0.154 e. The summed E-state index contributed by atoms with van der Waals surface area (Å²) in [5, 5.41) is 12.0. The molecule has 2 N–H and O–H groups in total. The van der Waals surface area contributed by atoms with Crippen LogP contribution < -0.4 is 5.32 Å². The van der Waals surface area contributed by atoms with E-state index >= 15 is 0 Å². The zero-order chi connectivity index (χ0) is 17.0. The zero-order valence-electron chi connectivity index (χ0n) is 14.8. The van der Waals surface area contributed by atoms with Gasteiger partial charge in [-0.2, -0.15) is 0 Å². The molecule has 1 aromatic carbocycles. The minimum absolute atomic E-state index is 0.244. The van der Waals surface area contributed by atoms with Gasteiger partial charge < -0.3 is 10.2 Å². The number of nitrogens with zero attached hydrogens (tertiary/aromatic N) is 2. The van der Waals surface area contributed by atoms with Crippen LogP contribution in [-0.2, 0) is 6.54 Å². The highest BCUT2D eigenvalue weighted by Crippen LogP contribution is 2.26. The van der Waals surface area contributed by atoms with Gasteiger partial charge in [-0.15, -0.1) is 0 Å². The van der Waals surface area contributed by atoms with Gasteiger partial charge in [-0.3, -0.25) is 5.41 Å². The fraction of sp³-hybridized carbons (Fsp3) is 0.474. The molecule has 0 aromatic heterocycles. The number of hydrogen-bond acceptors (Lipinski definition) is 3. The summed E-state index contributed by atoms with van der Waals surface area (Å²) >= 11 is 0. The summed E-state index contributed by atoms with van der Waals surface area (Å²) in [4.78, 5) is 6.44. The van der Waals surface area contributed by atoms with Crippen molar-refractivity contribution in [1.82, 2.24) is 10.2 Å². The molecule has 0 radical (unpaired) electrons. The molecule has 0 saturated carbocycles. The van der Waals surface area contributed by atoms with E-state index in [2.05, 4.69) is 57.1 Å². The van der Waals surface area contributed by atoms with Crippen molar-refractivity contribution in [2.24, 2.45) is 16.8 Å². The van der Waals surface area contributed by atoms with Crippen LogP contribution in [0.2, 0.25) is 0 Å². The second kappa shape index (κ2) is 7.44. The summed E-state index contributed by atoms with van der Waals surface area (Å²) in [5.41, 5.74) is 3.07. The molecule has 1 aromatic rings. The molecule has 124 valence electrons. The van der Waals surface area contributed by atoms with Gasteiger partial charge in [0.1, 0.15) is 5.70 Å². The molecule has 0 saturated heterocycles. The highest BCUT2D eigenvalue weighted by molar-refractivity contribution is 6.07. The van der Waals surface area contributed by atoms with Gasteiger partial charge in [-0.05, 0) is 25.3 Å². The topological polar surface area (TPSA) is 51.5 Å². The van der Waals surface area contributed by atoms with Gasteiger partial charge in [-0.25, -0.2) is 4.99 Å². The monoisotopic (exact) mass is 312 g/mol. The van der Waals surface area contributed by atoms with E-state index < -0.39 is 0 Å². The van der Waals surface area contributed by atoms with E-state index in [0.717, 1.165) is 17.9 Å². The molecule has 1 heterocycles. The second-order valence-electron chi connectivity index (χ2n) is 6.73. The van der Waals surface area contributed by atoms with Gasteiger partial charge in [0, 0.05) is 24.2 Å². The summed E-state index contributed by atoms with van der Waals surface area (Å²) in [6, 6.07) is 10.6.